The van der Waals surface area contributed by atoms with Crippen molar-refractivity contribution in [3.05, 3.63) is 10.6 Å². The van der Waals surface area contributed by atoms with Crippen molar-refractivity contribution < 1.29 is 9.84 Å². The summed E-state index contributed by atoms with van der Waals surface area (Å²) < 4.78 is 5.65. The number of aromatic nitrogens is 1. The van der Waals surface area contributed by atoms with Gasteiger partial charge >= 0.3 is 0 Å². The molecule has 2 heterocycles. The first-order chi connectivity index (χ1) is 8.28. The molecule has 0 radical (unpaired) electrons. The van der Waals surface area contributed by atoms with Crippen LogP contribution in [0.2, 0.25) is 0 Å². The Bertz CT molecular complexity index is 346. The molecule has 1 aliphatic rings. The molecule has 5 heteroatoms. The number of thiazole rings is 1. The second-order valence-electron chi connectivity index (χ2n) is 4.23. The van der Waals surface area contributed by atoms with Gasteiger partial charge in [0.25, 0.3) is 0 Å². The lowest BCUT2D eigenvalue weighted by molar-refractivity contribution is 0.0384. The van der Waals surface area contributed by atoms with Crippen molar-refractivity contribution in [2.45, 2.75) is 39.4 Å². The molecule has 1 N–H and O–H groups in total. The fourth-order valence-electron chi connectivity index (χ4n) is 2.04. The van der Waals surface area contributed by atoms with Crippen molar-refractivity contribution in [2.24, 2.45) is 0 Å². The molecule has 1 aliphatic heterocycles. The lowest BCUT2D eigenvalue weighted by atomic mass is 10.2. The molecule has 1 unspecified atom stereocenters. The molecule has 0 spiro atoms. The summed E-state index contributed by atoms with van der Waals surface area (Å²) in [5.41, 5.74) is 1.03. The Morgan fingerprint density at radius 2 is 2.35 bits per heavy atom. The average Bonchev–Trinajstić information content (AvgIpc) is 2.82. The quantitative estimate of drug-likeness (QED) is 0.892. The number of rotatable bonds is 4. The van der Waals surface area contributed by atoms with Gasteiger partial charge in [-0.1, -0.05) is 25.2 Å². The highest BCUT2D eigenvalue weighted by Crippen LogP contribution is 2.28. The number of aliphatic hydroxyl groups is 1. The molecule has 0 aliphatic carbocycles. The molecule has 4 nitrogen and oxygen atoms in total. The van der Waals surface area contributed by atoms with Gasteiger partial charge in [-0.25, -0.2) is 4.98 Å². The van der Waals surface area contributed by atoms with Crippen molar-refractivity contribution in [1.82, 2.24) is 4.98 Å². The van der Waals surface area contributed by atoms with Crippen molar-refractivity contribution in [3.63, 3.8) is 0 Å². The van der Waals surface area contributed by atoms with Crippen LogP contribution in [0.25, 0.3) is 0 Å². The number of hydrogen-bond acceptors (Lipinski definition) is 5. The minimum absolute atomic E-state index is 0.0996. The van der Waals surface area contributed by atoms with Gasteiger partial charge in [-0.15, -0.1) is 0 Å². The van der Waals surface area contributed by atoms with Crippen molar-refractivity contribution >= 4 is 16.5 Å². The highest BCUT2D eigenvalue weighted by atomic mass is 32.1. The molecular weight excluding hydrogens is 236 g/mol. The standard InChI is InChI=1S/C12H20N2O2S/c1-3-9-7-14(5-6-16-9)12-13-10(4-2)11(8-15)17-12/h9,15H,3-8H2,1-2H3. The van der Waals surface area contributed by atoms with E-state index in [9.17, 15) is 5.11 Å². The maximum atomic E-state index is 9.29. The summed E-state index contributed by atoms with van der Waals surface area (Å²) in [5.74, 6) is 0. The molecular formula is C12H20N2O2S. The predicted octanol–water partition coefficient (Wildman–Crippen LogP) is 1.81. The zero-order valence-corrected chi connectivity index (χ0v) is 11.3. The summed E-state index contributed by atoms with van der Waals surface area (Å²) in [5, 5.41) is 10.3. The first kappa shape index (κ1) is 12.8. The minimum Gasteiger partial charge on any atom is -0.391 e. The second-order valence-corrected chi connectivity index (χ2v) is 5.29. The molecule has 0 saturated carbocycles. The number of morpholine rings is 1. The van der Waals surface area contributed by atoms with Crippen LogP contribution < -0.4 is 4.90 Å². The fraction of sp³-hybridized carbons (Fsp3) is 0.750. The van der Waals surface area contributed by atoms with Gasteiger partial charge in [0.2, 0.25) is 0 Å². The van der Waals surface area contributed by atoms with Gasteiger partial charge < -0.3 is 14.7 Å². The van der Waals surface area contributed by atoms with Gasteiger partial charge in [-0.05, 0) is 12.8 Å². The van der Waals surface area contributed by atoms with Crippen LogP contribution in [-0.4, -0.2) is 35.9 Å². The molecule has 17 heavy (non-hydrogen) atoms. The Hall–Kier alpha value is -0.650. The fourth-order valence-corrected chi connectivity index (χ4v) is 3.09. The van der Waals surface area contributed by atoms with E-state index in [1.165, 1.54) is 0 Å². The van der Waals surface area contributed by atoms with Crippen LogP contribution in [-0.2, 0) is 17.8 Å². The molecule has 0 aromatic carbocycles. The lowest BCUT2D eigenvalue weighted by Gasteiger charge is -2.32. The molecule has 1 aromatic heterocycles. The van der Waals surface area contributed by atoms with Gasteiger partial charge in [0.15, 0.2) is 5.13 Å². The summed E-state index contributed by atoms with van der Waals surface area (Å²) in [6.07, 6.45) is 2.24. The molecule has 1 aromatic rings. The molecule has 0 bridgehead atoms. The third-order valence-corrected chi connectivity index (χ3v) is 4.25. The van der Waals surface area contributed by atoms with E-state index in [0.29, 0.717) is 6.10 Å². The largest absolute Gasteiger partial charge is 0.391 e. The average molecular weight is 256 g/mol. The maximum Gasteiger partial charge on any atom is 0.186 e. The summed E-state index contributed by atoms with van der Waals surface area (Å²) >= 11 is 1.61. The summed E-state index contributed by atoms with van der Waals surface area (Å²) in [6.45, 7) is 6.91. The molecule has 0 amide bonds. The summed E-state index contributed by atoms with van der Waals surface area (Å²) in [7, 11) is 0. The van der Waals surface area contributed by atoms with E-state index in [1.807, 2.05) is 0 Å². The van der Waals surface area contributed by atoms with E-state index in [2.05, 4.69) is 23.7 Å². The van der Waals surface area contributed by atoms with Crippen LogP contribution >= 0.6 is 11.3 Å². The Morgan fingerprint density at radius 1 is 1.53 bits per heavy atom. The zero-order valence-electron chi connectivity index (χ0n) is 10.5. The third kappa shape index (κ3) is 2.78. The van der Waals surface area contributed by atoms with E-state index >= 15 is 0 Å². The number of anilines is 1. The number of nitrogens with zero attached hydrogens (tertiary/aromatic N) is 2. The van der Waals surface area contributed by atoms with E-state index in [4.69, 9.17) is 4.74 Å². The normalized spacial score (nSPS) is 20.9. The predicted molar refractivity (Wildman–Crippen MR) is 69.7 cm³/mol. The van der Waals surface area contributed by atoms with Crippen LogP contribution in [0.4, 0.5) is 5.13 Å². The van der Waals surface area contributed by atoms with Crippen molar-refractivity contribution in [1.29, 1.82) is 0 Å². The number of aliphatic hydroxyl groups excluding tert-OH is 1. The smallest absolute Gasteiger partial charge is 0.186 e. The highest BCUT2D eigenvalue weighted by molar-refractivity contribution is 7.15. The second kappa shape index (κ2) is 5.80. The maximum absolute atomic E-state index is 9.29. The van der Waals surface area contributed by atoms with Gasteiger partial charge in [-0.3, -0.25) is 0 Å². The molecule has 96 valence electrons. The first-order valence-corrected chi connectivity index (χ1v) is 7.06. The van der Waals surface area contributed by atoms with Gasteiger partial charge in [0.1, 0.15) is 0 Å². The third-order valence-electron chi connectivity index (χ3n) is 3.11. The Balaban J connectivity index is 2.13. The lowest BCUT2D eigenvalue weighted by Crippen LogP contribution is -2.42. The van der Waals surface area contributed by atoms with Gasteiger partial charge in [0, 0.05) is 13.1 Å². The summed E-state index contributed by atoms with van der Waals surface area (Å²) in [4.78, 5) is 7.90. The first-order valence-electron chi connectivity index (χ1n) is 6.24. The Labute approximate surface area is 106 Å². The summed E-state index contributed by atoms with van der Waals surface area (Å²) in [6, 6.07) is 0. The minimum atomic E-state index is 0.0996. The Kier molecular flexibility index (Phi) is 4.36. The van der Waals surface area contributed by atoms with Crippen LogP contribution in [0.1, 0.15) is 30.8 Å². The van der Waals surface area contributed by atoms with Crippen LogP contribution in [0.3, 0.4) is 0 Å². The molecule has 2 rings (SSSR count). The highest BCUT2D eigenvalue weighted by Gasteiger charge is 2.22. The number of hydrogen-bond donors (Lipinski definition) is 1. The SMILES string of the molecule is CCc1nc(N2CCOC(CC)C2)sc1CO. The number of ether oxygens (including phenoxy) is 1. The number of aryl methyl sites for hydroxylation is 1. The molecule has 1 saturated heterocycles. The van der Waals surface area contributed by atoms with Crippen LogP contribution in [0.15, 0.2) is 0 Å². The van der Waals surface area contributed by atoms with Crippen molar-refractivity contribution in [2.75, 3.05) is 24.6 Å². The zero-order chi connectivity index (χ0) is 12.3. The topological polar surface area (TPSA) is 45.6 Å². The van der Waals surface area contributed by atoms with Crippen LogP contribution in [0, 0.1) is 0 Å². The van der Waals surface area contributed by atoms with Gasteiger partial charge in [0.05, 0.1) is 29.9 Å². The molecule has 1 fully saturated rings. The van der Waals surface area contributed by atoms with Crippen molar-refractivity contribution in [3.8, 4) is 0 Å². The van der Waals surface area contributed by atoms with E-state index in [1.54, 1.807) is 11.3 Å². The van der Waals surface area contributed by atoms with Crippen LogP contribution in [0.5, 0.6) is 0 Å². The Morgan fingerprint density at radius 3 is 2.94 bits per heavy atom. The monoisotopic (exact) mass is 256 g/mol. The van der Waals surface area contributed by atoms with E-state index < -0.39 is 0 Å². The van der Waals surface area contributed by atoms with Gasteiger partial charge in [-0.2, -0.15) is 0 Å². The molecule has 1 atom stereocenters. The van der Waals surface area contributed by atoms with E-state index in [-0.39, 0.29) is 6.61 Å². The van der Waals surface area contributed by atoms with E-state index in [0.717, 1.165) is 48.2 Å².